The Morgan fingerprint density at radius 3 is 2.69 bits per heavy atom. The number of benzene rings is 2. The van der Waals surface area contributed by atoms with Gasteiger partial charge in [0.05, 0.1) is 17.8 Å². The molecule has 0 aliphatic carbocycles. The lowest BCUT2D eigenvalue weighted by atomic mass is 10.2. The topological polar surface area (TPSA) is 16.4 Å². The summed E-state index contributed by atoms with van der Waals surface area (Å²) in [5, 5.41) is 2.56. The van der Waals surface area contributed by atoms with Gasteiger partial charge in [-0.05, 0) is 50.6 Å². The number of para-hydroxylation sites is 1. The molecular weight excluding hydrogens is 511 g/mol. The van der Waals surface area contributed by atoms with Crippen molar-refractivity contribution in [1.29, 1.82) is 0 Å². The highest BCUT2D eigenvalue weighted by atomic mass is 127. The van der Waals surface area contributed by atoms with Crippen LogP contribution in [-0.4, -0.2) is 13.7 Å². The van der Waals surface area contributed by atoms with E-state index in [4.69, 9.17) is 4.74 Å². The Hall–Kier alpha value is -1.51. The lowest BCUT2D eigenvalue weighted by Crippen LogP contribution is -3.00. The summed E-state index contributed by atoms with van der Waals surface area (Å²) >= 11 is 3.68. The first-order valence-corrected chi connectivity index (χ1v) is 11.2. The van der Waals surface area contributed by atoms with Crippen LogP contribution in [0.2, 0.25) is 0 Å². The molecule has 29 heavy (non-hydrogen) atoms. The maximum absolute atomic E-state index is 5.41. The summed E-state index contributed by atoms with van der Waals surface area (Å²) in [6, 6.07) is 14.9. The van der Waals surface area contributed by atoms with Crippen molar-refractivity contribution in [3.63, 3.8) is 0 Å². The molecule has 2 aromatic carbocycles. The fraction of sp³-hybridized carbons (Fsp3) is 0.261. The molecule has 0 saturated heterocycles. The van der Waals surface area contributed by atoms with Gasteiger partial charge in [-0.15, -0.1) is 0 Å². The number of methoxy groups -OCH3 is 1. The standard InChI is InChI=1S/C23H25N2OS2.HI/c1-5-24-18-9-7-8-10-20(18)27-22(24)13-16(3)14-23-25(6-2)19-15-17(26-4)11-12-21(19)28-23;/h7-15H,5-6H2,1-4H3;1H/q+1;/p-1. The van der Waals surface area contributed by atoms with E-state index in [2.05, 4.69) is 78.8 Å². The van der Waals surface area contributed by atoms with Crippen LogP contribution in [0.25, 0.3) is 16.3 Å². The molecule has 6 heteroatoms. The first-order valence-electron chi connectivity index (χ1n) is 9.59. The third-order valence-corrected chi connectivity index (χ3v) is 7.13. The van der Waals surface area contributed by atoms with Gasteiger partial charge in [-0.1, -0.05) is 35.2 Å². The average Bonchev–Trinajstić information content (AvgIpc) is 3.23. The highest BCUT2D eigenvalue weighted by Gasteiger charge is 2.24. The molecule has 4 rings (SSSR count). The minimum atomic E-state index is 0. The molecule has 0 spiro atoms. The first-order chi connectivity index (χ1) is 13.6. The zero-order valence-electron chi connectivity index (χ0n) is 17.1. The second-order valence-corrected chi connectivity index (χ2v) is 8.83. The van der Waals surface area contributed by atoms with Crippen LogP contribution in [-0.2, 0) is 6.54 Å². The molecule has 0 atom stereocenters. The SMILES string of the molecule is CCN1/C(=C/C(C)=C\c2sc3ccccc3[n+]2CC)Sc2ccc(OC)cc21.[I-]. The predicted molar refractivity (Wildman–Crippen MR) is 121 cm³/mol. The third kappa shape index (κ3) is 4.34. The Morgan fingerprint density at radius 1 is 1.17 bits per heavy atom. The lowest BCUT2D eigenvalue weighted by Gasteiger charge is -2.18. The molecule has 0 amide bonds. The minimum Gasteiger partial charge on any atom is -1.00 e. The highest BCUT2D eigenvalue weighted by molar-refractivity contribution is 8.03. The maximum atomic E-state index is 5.41. The van der Waals surface area contributed by atoms with Gasteiger partial charge in [-0.3, -0.25) is 0 Å². The number of thioether (sulfide) groups is 1. The number of rotatable bonds is 5. The molecule has 0 unspecified atom stereocenters. The van der Waals surface area contributed by atoms with E-state index in [-0.39, 0.29) is 24.0 Å². The quantitative estimate of drug-likeness (QED) is 0.369. The summed E-state index contributed by atoms with van der Waals surface area (Å²) < 4.78 is 9.14. The monoisotopic (exact) mass is 536 g/mol. The summed E-state index contributed by atoms with van der Waals surface area (Å²) in [7, 11) is 1.72. The molecule has 0 N–H and O–H groups in total. The van der Waals surface area contributed by atoms with E-state index in [0.29, 0.717) is 0 Å². The van der Waals surface area contributed by atoms with Gasteiger partial charge in [0.15, 0.2) is 0 Å². The predicted octanol–water partition coefficient (Wildman–Crippen LogP) is 3.10. The Kier molecular flexibility index (Phi) is 7.29. The van der Waals surface area contributed by atoms with Crippen molar-refractivity contribution in [2.75, 3.05) is 18.6 Å². The number of hydrogen-bond donors (Lipinski definition) is 0. The second kappa shape index (κ2) is 9.53. The Bertz CT molecular complexity index is 1090. The Morgan fingerprint density at radius 2 is 1.97 bits per heavy atom. The molecule has 152 valence electrons. The number of aromatic nitrogens is 1. The summed E-state index contributed by atoms with van der Waals surface area (Å²) in [6.07, 6.45) is 4.60. The van der Waals surface area contributed by atoms with Crippen molar-refractivity contribution < 1.29 is 33.3 Å². The largest absolute Gasteiger partial charge is 1.00 e. The average molecular weight is 537 g/mol. The van der Waals surface area contributed by atoms with E-state index in [0.717, 1.165) is 18.8 Å². The van der Waals surface area contributed by atoms with E-state index >= 15 is 0 Å². The van der Waals surface area contributed by atoms with E-state index in [1.165, 1.54) is 36.4 Å². The molecule has 1 aliphatic rings. The first kappa shape index (κ1) is 22.2. The van der Waals surface area contributed by atoms with Gasteiger partial charge in [0.2, 0.25) is 5.52 Å². The van der Waals surface area contributed by atoms with E-state index in [9.17, 15) is 0 Å². The zero-order valence-corrected chi connectivity index (χ0v) is 20.9. The van der Waals surface area contributed by atoms with Gasteiger partial charge in [0.1, 0.15) is 17.0 Å². The van der Waals surface area contributed by atoms with E-state index < -0.39 is 0 Å². The van der Waals surface area contributed by atoms with Crippen LogP contribution in [0, 0.1) is 0 Å². The maximum Gasteiger partial charge on any atom is 0.262 e. The number of fused-ring (bicyclic) bond motifs is 2. The van der Waals surface area contributed by atoms with Crippen molar-refractivity contribution in [2.24, 2.45) is 0 Å². The fourth-order valence-corrected chi connectivity index (χ4v) is 6.01. The molecule has 0 saturated carbocycles. The Labute approximate surface area is 198 Å². The zero-order chi connectivity index (χ0) is 19.7. The number of ether oxygens (including phenoxy) is 1. The number of thiazole rings is 1. The van der Waals surface area contributed by atoms with Crippen LogP contribution in [0.15, 0.2) is 64.0 Å². The van der Waals surface area contributed by atoms with Crippen molar-refractivity contribution in [1.82, 2.24) is 0 Å². The van der Waals surface area contributed by atoms with Gasteiger partial charge in [0, 0.05) is 29.6 Å². The van der Waals surface area contributed by atoms with Crippen molar-refractivity contribution in [3.05, 3.63) is 64.2 Å². The lowest BCUT2D eigenvalue weighted by molar-refractivity contribution is -0.665. The molecule has 0 bridgehead atoms. The van der Waals surface area contributed by atoms with Crippen LogP contribution in [0.1, 0.15) is 25.8 Å². The molecule has 2 heterocycles. The van der Waals surface area contributed by atoms with Crippen molar-refractivity contribution >= 4 is 45.1 Å². The number of allylic oxidation sites excluding steroid dienone is 2. The van der Waals surface area contributed by atoms with Crippen molar-refractivity contribution in [3.8, 4) is 5.75 Å². The van der Waals surface area contributed by atoms with Gasteiger partial charge in [-0.2, -0.15) is 4.57 Å². The fourth-order valence-electron chi connectivity index (χ4n) is 3.56. The van der Waals surface area contributed by atoms with Gasteiger partial charge >= 0.3 is 0 Å². The smallest absolute Gasteiger partial charge is 0.262 e. The molecule has 1 aromatic heterocycles. The van der Waals surface area contributed by atoms with Gasteiger partial charge in [0.25, 0.3) is 5.01 Å². The normalized spacial score (nSPS) is 15.0. The number of nitrogens with zero attached hydrogens (tertiary/aromatic N) is 2. The number of hydrogen-bond acceptors (Lipinski definition) is 4. The van der Waals surface area contributed by atoms with E-state index in [1.807, 2.05) is 29.2 Å². The second-order valence-electron chi connectivity index (χ2n) is 6.70. The van der Waals surface area contributed by atoms with Crippen LogP contribution >= 0.6 is 23.1 Å². The summed E-state index contributed by atoms with van der Waals surface area (Å²) in [5.74, 6) is 0.903. The third-order valence-electron chi connectivity index (χ3n) is 4.91. The molecule has 0 radical (unpaired) electrons. The molecule has 3 aromatic rings. The number of aryl methyl sites for hydroxylation is 1. The summed E-state index contributed by atoms with van der Waals surface area (Å²) in [6.45, 7) is 8.50. The molecule has 1 aliphatic heterocycles. The highest BCUT2D eigenvalue weighted by Crippen LogP contribution is 2.47. The summed E-state index contributed by atoms with van der Waals surface area (Å²) in [4.78, 5) is 3.64. The van der Waals surface area contributed by atoms with Crippen LogP contribution in [0.4, 0.5) is 5.69 Å². The van der Waals surface area contributed by atoms with Crippen LogP contribution < -0.4 is 38.2 Å². The van der Waals surface area contributed by atoms with Crippen LogP contribution in [0.5, 0.6) is 5.75 Å². The number of anilines is 1. The summed E-state index contributed by atoms with van der Waals surface area (Å²) in [5.41, 5.74) is 3.80. The number of halogens is 1. The van der Waals surface area contributed by atoms with Gasteiger partial charge in [-0.25, -0.2) is 0 Å². The molecule has 0 fully saturated rings. The molecule has 3 nitrogen and oxygen atoms in total. The van der Waals surface area contributed by atoms with Crippen molar-refractivity contribution in [2.45, 2.75) is 32.2 Å². The minimum absolute atomic E-state index is 0. The van der Waals surface area contributed by atoms with Crippen LogP contribution in [0.3, 0.4) is 0 Å². The molecular formula is C23H25IN2OS2. The Balaban J connectivity index is 0.00000240. The van der Waals surface area contributed by atoms with Gasteiger partial charge < -0.3 is 33.6 Å². The van der Waals surface area contributed by atoms with E-state index in [1.54, 1.807) is 7.11 Å².